The first-order chi connectivity index (χ1) is 11.7. The van der Waals surface area contributed by atoms with Crippen LogP contribution in [0.3, 0.4) is 0 Å². The first kappa shape index (κ1) is 23.0. The molecule has 0 bridgehead atoms. The number of primary amides is 1. The molecule has 0 saturated heterocycles. The molecule has 0 fully saturated rings. The van der Waals surface area contributed by atoms with Gasteiger partial charge in [0.15, 0.2) is 0 Å². The van der Waals surface area contributed by atoms with Gasteiger partial charge in [0.25, 0.3) is 0 Å². The summed E-state index contributed by atoms with van der Waals surface area (Å²) in [5, 5.41) is 14.2. The summed E-state index contributed by atoms with van der Waals surface area (Å²) in [4.78, 5) is 37.4. The van der Waals surface area contributed by atoms with Crippen molar-refractivity contribution in [2.24, 2.45) is 5.73 Å². The highest BCUT2D eigenvalue weighted by Gasteiger charge is 2.38. The van der Waals surface area contributed by atoms with Crippen molar-refractivity contribution < 1.29 is 50.9 Å². The van der Waals surface area contributed by atoms with Crippen LogP contribution in [0.2, 0.25) is 0 Å². The zero-order valence-corrected chi connectivity index (χ0v) is 12.8. The van der Waals surface area contributed by atoms with Crippen molar-refractivity contribution in [3.05, 3.63) is 23.3 Å². The second-order valence-electron chi connectivity index (χ2n) is 3.87. The average Bonchev–Trinajstić information content (AvgIpc) is 2.93. The number of nitrogens with zero attached hydrogens (tertiary/aromatic N) is 2. The summed E-state index contributed by atoms with van der Waals surface area (Å²) in [7, 11) is 0. The first-order valence-corrected chi connectivity index (χ1v) is 6.63. The number of alkyl halides is 6. The highest BCUT2D eigenvalue weighted by atomic mass is 32.1. The van der Waals surface area contributed by atoms with E-state index in [4.69, 9.17) is 25.5 Å². The van der Waals surface area contributed by atoms with Gasteiger partial charge in [0, 0.05) is 6.20 Å². The fraction of sp³-hybridized carbons (Fsp3) is 0.182. The molecule has 2 aromatic heterocycles. The van der Waals surface area contributed by atoms with Gasteiger partial charge in [-0.3, -0.25) is 4.79 Å². The van der Waals surface area contributed by atoms with Crippen molar-refractivity contribution in [1.82, 2.24) is 9.97 Å². The van der Waals surface area contributed by atoms with Crippen molar-refractivity contribution in [1.29, 1.82) is 0 Å². The number of hydrogen-bond donors (Lipinski definition) is 3. The van der Waals surface area contributed by atoms with Gasteiger partial charge >= 0.3 is 24.3 Å². The highest BCUT2D eigenvalue weighted by Crippen LogP contribution is 2.15. The maximum absolute atomic E-state index is 10.7. The summed E-state index contributed by atoms with van der Waals surface area (Å²) in [5.41, 5.74) is 7.87. The minimum Gasteiger partial charge on any atom is -0.475 e. The van der Waals surface area contributed by atoms with E-state index < -0.39 is 30.2 Å². The molecule has 0 aliphatic carbocycles. The van der Waals surface area contributed by atoms with E-state index in [9.17, 15) is 31.1 Å². The van der Waals surface area contributed by atoms with Crippen LogP contribution >= 0.6 is 11.3 Å². The molecule has 0 saturated carbocycles. The Morgan fingerprint density at radius 3 is 1.73 bits per heavy atom. The molecule has 0 radical (unpaired) electrons. The molecule has 26 heavy (non-hydrogen) atoms. The number of carbonyl (C=O) groups is 3. The predicted octanol–water partition coefficient (Wildman–Crippen LogP) is 2.06. The van der Waals surface area contributed by atoms with Crippen LogP contribution in [0.5, 0.6) is 0 Å². The third-order valence-corrected chi connectivity index (χ3v) is 2.71. The Morgan fingerprint density at radius 1 is 0.962 bits per heavy atom. The predicted molar refractivity (Wildman–Crippen MR) is 73.3 cm³/mol. The second kappa shape index (κ2) is 8.93. The molecule has 0 atom stereocenters. The van der Waals surface area contributed by atoms with Crippen LogP contribution in [-0.4, -0.2) is 50.4 Å². The number of carbonyl (C=O) groups excluding carboxylic acids is 1. The van der Waals surface area contributed by atoms with Gasteiger partial charge in [0.1, 0.15) is 10.3 Å². The number of rotatable bonds is 1. The molecular weight excluding hydrogens is 400 g/mol. The second-order valence-corrected chi connectivity index (χ2v) is 4.70. The van der Waals surface area contributed by atoms with Crippen LogP contribution in [0.4, 0.5) is 26.3 Å². The van der Waals surface area contributed by atoms with E-state index in [1.54, 1.807) is 11.6 Å². The summed E-state index contributed by atoms with van der Waals surface area (Å²) in [6.07, 6.45) is -8.71. The Labute approximate surface area is 142 Å². The van der Waals surface area contributed by atoms with Crippen molar-refractivity contribution >= 4 is 39.5 Å². The van der Waals surface area contributed by atoms with Gasteiger partial charge in [-0.2, -0.15) is 26.3 Å². The summed E-state index contributed by atoms with van der Waals surface area (Å²) < 4.78 is 63.5. The Kier molecular flexibility index (Phi) is 7.91. The van der Waals surface area contributed by atoms with E-state index in [1.807, 2.05) is 0 Å². The van der Waals surface area contributed by atoms with Crippen LogP contribution in [0.1, 0.15) is 10.4 Å². The topological polar surface area (TPSA) is 143 Å². The van der Waals surface area contributed by atoms with Gasteiger partial charge in [-0.25, -0.2) is 19.6 Å². The smallest absolute Gasteiger partial charge is 0.475 e. The summed E-state index contributed by atoms with van der Waals surface area (Å²) >= 11 is 1.43. The molecule has 2 heterocycles. The van der Waals surface area contributed by atoms with E-state index in [1.165, 1.54) is 17.5 Å². The maximum atomic E-state index is 10.7. The van der Waals surface area contributed by atoms with E-state index in [0.29, 0.717) is 5.56 Å². The fourth-order valence-corrected chi connectivity index (χ4v) is 1.50. The molecule has 0 aliphatic heterocycles. The van der Waals surface area contributed by atoms with Gasteiger partial charge in [0.05, 0.1) is 11.1 Å². The molecule has 8 nitrogen and oxygen atoms in total. The lowest BCUT2D eigenvalue weighted by Gasteiger charge is -1.93. The molecule has 0 unspecified atom stereocenters. The van der Waals surface area contributed by atoms with Crippen LogP contribution in [0.25, 0.3) is 10.3 Å². The minimum absolute atomic E-state index is 0.397. The fourth-order valence-electron chi connectivity index (χ4n) is 0.892. The number of fused-ring (bicyclic) bond motifs is 1. The maximum Gasteiger partial charge on any atom is 0.490 e. The molecule has 0 aromatic carbocycles. The van der Waals surface area contributed by atoms with Gasteiger partial charge in [0.2, 0.25) is 5.91 Å². The van der Waals surface area contributed by atoms with E-state index in [2.05, 4.69) is 9.97 Å². The number of amides is 1. The largest absolute Gasteiger partial charge is 0.490 e. The minimum atomic E-state index is -5.08. The van der Waals surface area contributed by atoms with Gasteiger partial charge in [-0.05, 0) is 6.07 Å². The summed E-state index contributed by atoms with van der Waals surface area (Å²) in [6.45, 7) is 0. The van der Waals surface area contributed by atoms with Crippen LogP contribution in [0, 0.1) is 0 Å². The number of thiazole rings is 1. The first-order valence-electron chi connectivity index (χ1n) is 5.75. The Hall–Kier alpha value is -2.97. The molecule has 1 amide bonds. The number of aromatic nitrogens is 2. The SMILES string of the molecule is NC(=O)c1cnc2scnc2c1.O=C(O)C(F)(F)F.O=C(O)C(F)(F)F. The zero-order chi connectivity index (χ0) is 20.7. The van der Waals surface area contributed by atoms with Gasteiger partial charge in [-0.15, -0.1) is 11.3 Å². The molecule has 2 rings (SSSR count). The molecule has 2 aromatic rings. The number of hydrogen-bond acceptors (Lipinski definition) is 6. The molecule has 0 spiro atoms. The lowest BCUT2D eigenvalue weighted by Crippen LogP contribution is -2.21. The van der Waals surface area contributed by atoms with E-state index >= 15 is 0 Å². The Bertz CT molecular complexity index is 764. The van der Waals surface area contributed by atoms with Crippen LogP contribution in [-0.2, 0) is 9.59 Å². The standard InChI is InChI=1S/C7H5N3OS.2C2HF3O2/c8-6(11)4-1-5-7(9-2-4)12-3-10-5;2*3-2(4,5)1(6)7/h1-3H,(H2,8,11);2*(H,6,7). The number of nitrogens with two attached hydrogens (primary N) is 1. The quantitative estimate of drug-likeness (QED) is 0.614. The molecule has 144 valence electrons. The van der Waals surface area contributed by atoms with Gasteiger partial charge < -0.3 is 15.9 Å². The summed E-state index contributed by atoms with van der Waals surface area (Å²) in [5.74, 6) is -5.99. The third kappa shape index (κ3) is 8.22. The van der Waals surface area contributed by atoms with Crippen molar-refractivity contribution in [3.63, 3.8) is 0 Å². The van der Waals surface area contributed by atoms with Gasteiger partial charge in [-0.1, -0.05) is 0 Å². The van der Waals surface area contributed by atoms with Crippen molar-refractivity contribution in [3.8, 4) is 0 Å². The lowest BCUT2D eigenvalue weighted by atomic mass is 10.3. The van der Waals surface area contributed by atoms with E-state index in [0.717, 1.165) is 10.3 Å². The van der Waals surface area contributed by atoms with Crippen molar-refractivity contribution in [2.45, 2.75) is 12.4 Å². The molecule has 15 heteroatoms. The number of aliphatic carboxylic acids is 2. The normalized spacial score (nSPS) is 10.8. The van der Waals surface area contributed by atoms with E-state index in [-0.39, 0.29) is 0 Å². The highest BCUT2D eigenvalue weighted by molar-refractivity contribution is 7.16. The summed E-state index contributed by atoms with van der Waals surface area (Å²) in [6, 6.07) is 1.64. The number of pyridine rings is 1. The Morgan fingerprint density at radius 2 is 1.38 bits per heavy atom. The number of carboxylic acids is 2. The number of halogens is 6. The molecule has 4 N–H and O–H groups in total. The van der Waals surface area contributed by atoms with Crippen LogP contribution in [0.15, 0.2) is 17.8 Å². The number of carboxylic acid groups (broad SMARTS) is 2. The molecule has 0 aliphatic rings. The third-order valence-electron chi connectivity index (χ3n) is 1.96. The van der Waals surface area contributed by atoms with Crippen LogP contribution < -0.4 is 5.73 Å². The zero-order valence-electron chi connectivity index (χ0n) is 12.0. The monoisotopic (exact) mass is 407 g/mol. The van der Waals surface area contributed by atoms with Crippen molar-refractivity contribution in [2.75, 3.05) is 0 Å². The lowest BCUT2D eigenvalue weighted by molar-refractivity contribution is -0.193. The average molecular weight is 407 g/mol. The Balaban J connectivity index is 0.000000390. The molecular formula is C11H7F6N3O5S.